The first-order valence-electron chi connectivity index (χ1n) is 12.8. The third-order valence-electron chi connectivity index (χ3n) is 7.57. The van der Waals surface area contributed by atoms with E-state index >= 15 is 0 Å². The van der Waals surface area contributed by atoms with Crippen molar-refractivity contribution in [3.8, 4) is 5.75 Å². The fraction of sp³-hybridized carbons (Fsp3) is 0.345. The number of phenolic OH excluding ortho intramolecular Hbond substituents is 1. The van der Waals surface area contributed by atoms with Crippen molar-refractivity contribution in [2.24, 2.45) is 0 Å². The minimum Gasteiger partial charge on any atom is -0.508 e. The summed E-state index contributed by atoms with van der Waals surface area (Å²) in [5, 5.41) is 15.8. The number of nitrogens with one attached hydrogen (secondary N) is 2. The number of amides is 2. The molecule has 1 unspecified atom stereocenters. The van der Waals surface area contributed by atoms with Crippen LogP contribution in [0.1, 0.15) is 29.9 Å². The van der Waals surface area contributed by atoms with Crippen molar-refractivity contribution >= 4 is 17.5 Å². The van der Waals surface area contributed by atoms with Crippen LogP contribution in [0.3, 0.4) is 0 Å². The molecule has 3 N–H and O–H groups in total. The molecule has 2 fully saturated rings. The number of benzene rings is 2. The zero-order valence-electron chi connectivity index (χ0n) is 20.8. The normalized spacial score (nSPS) is 17.9. The lowest BCUT2D eigenvalue weighted by Crippen LogP contribution is -2.57. The number of nitrogens with zero attached hydrogens (tertiary/aromatic N) is 3. The fourth-order valence-corrected chi connectivity index (χ4v) is 5.47. The van der Waals surface area contributed by atoms with Gasteiger partial charge < -0.3 is 20.6 Å². The number of rotatable bonds is 8. The third-order valence-corrected chi connectivity index (χ3v) is 7.57. The highest BCUT2D eigenvalue weighted by atomic mass is 16.3. The Labute approximate surface area is 217 Å². The number of para-hydroxylation sites is 1. The first kappa shape index (κ1) is 24.8. The van der Waals surface area contributed by atoms with Gasteiger partial charge in [-0.25, -0.2) is 0 Å². The first-order chi connectivity index (χ1) is 18.0. The van der Waals surface area contributed by atoms with Crippen molar-refractivity contribution in [3.63, 3.8) is 0 Å². The van der Waals surface area contributed by atoms with Gasteiger partial charge in [0.1, 0.15) is 11.3 Å². The minimum atomic E-state index is -0.554. The Morgan fingerprint density at radius 2 is 1.81 bits per heavy atom. The molecule has 0 saturated carbocycles. The highest BCUT2D eigenvalue weighted by Crippen LogP contribution is 2.36. The van der Waals surface area contributed by atoms with Crippen LogP contribution in [0.2, 0.25) is 0 Å². The van der Waals surface area contributed by atoms with Crippen LogP contribution in [0.15, 0.2) is 79.1 Å². The molecule has 8 heteroatoms. The van der Waals surface area contributed by atoms with Gasteiger partial charge in [-0.05, 0) is 60.7 Å². The van der Waals surface area contributed by atoms with E-state index in [1.54, 1.807) is 18.3 Å². The molecule has 2 amide bonds. The van der Waals surface area contributed by atoms with E-state index in [1.165, 1.54) is 0 Å². The minimum absolute atomic E-state index is 0.0262. The van der Waals surface area contributed by atoms with Gasteiger partial charge in [-0.3, -0.25) is 19.5 Å². The molecule has 0 radical (unpaired) electrons. The van der Waals surface area contributed by atoms with Gasteiger partial charge in [0, 0.05) is 43.6 Å². The zero-order valence-corrected chi connectivity index (χ0v) is 20.8. The van der Waals surface area contributed by atoms with Gasteiger partial charge in [-0.2, -0.15) is 0 Å². The molecular formula is C29H33N5O3. The van der Waals surface area contributed by atoms with Crippen LogP contribution in [0.25, 0.3) is 0 Å². The van der Waals surface area contributed by atoms with Gasteiger partial charge in [0.2, 0.25) is 11.8 Å². The van der Waals surface area contributed by atoms with Gasteiger partial charge in [0.05, 0.1) is 13.2 Å². The molecular weight excluding hydrogens is 466 g/mol. The number of hydrogen-bond acceptors (Lipinski definition) is 6. The van der Waals surface area contributed by atoms with Crippen LogP contribution in [-0.2, 0) is 16.0 Å². The number of phenols is 1. The van der Waals surface area contributed by atoms with Gasteiger partial charge in [0.25, 0.3) is 0 Å². The standard InChI is InChI=1S/C29H33N5O3/c35-26-10-8-23(9-11-26)24(17-22-5-4-14-30-18-22)19-31-27(36)20-33-15-12-29(13-16-33)28(37)32-21-34(29)25-6-2-1-3-7-25/h1-11,14,18,24,35H,12-13,15-17,19-21H2,(H,31,36)(H,32,37). The lowest BCUT2D eigenvalue weighted by atomic mass is 9.85. The number of aromatic nitrogens is 1. The molecule has 3 heterocycles. The average molecular weight is 500 g/mol. The largest absolute Gasteiger partial charge is 0.508 e. The summed E-state index contributed by atoms with van der Waals surface area (Å²) in [4.78, 5) is 34.3. The number of pyridine rings is 1. The lowest BCUT2D eigenvalue weighted by Gasteiger charge is -2.43. The number of piperidine rings is 1. The maximum Gasteiger partial charge on any atom is 0.247 e. The number of hydrogen-bond donors (Lipinski definition) is 3. The van der Waals surface area contributed by atoms with Crippen LogP contribution in [0.5, 0.6) is 5.75 Å². The smallest absolute Gasteiger partial charge is 0.247 e. The van der Waals surface area contributed by atoms with Gasteiger partial charge >= 0.3 is 0 Å². The Morgan fingerprint density at radius 1 is 1.05 bits per heavy atom. The van der Waals surface area contributed by atoms with E-state index in [9.17, 15) is 14.7 Å². The number of anilines is 1. The summed E-state index contributed by atoms with van der Waals surface area (Å²) >= 11 is 0. The van der Waals surface area contributed by atoms with Crippen molar-refractivity contribution in [2.45, 2.75) is 30.7 Å². The van der Waals surface area contributed by atoms with E-state index in [2.05, 4.69) is 25.4 Å². The van der Waals surface area contributed by atoms with E-state index in [-0.39, 0.29) is 23.5 Å². The summed E-state index contributed by atoms with van der Waals surface area (Å²) in [5.74, 6) is 0.326. The van der Waals surface area contributed by atoms with Gasteiger partial charge in [-0.1, -0.05) is 36.4 Å². The summed E-state index contributed by atoms with van der Waals surface area (Å²) in [6.45, 7) is 2.67. The predicted molar refractivity (Wildman–Crippen MR) is 142 cm³/mol. The van der Waals surface area contributed by atoms with E-state index < -0.39 is 5.54 Å². The van der Waals surface area contributed by atoms with Crippen molar-refractivity contribution in [2.75, 3.05) is 37.7 Å². The molecule has 8 nitrogen and oxygen atoms in total. The number of carbonyl (C=O) groups is 2. The molecule has 5 rings (SSSR count). The van der Waals surface area contributed by atoms with Gasteiger partial charge in [-0.15, -0.1) is 0 Å². The monoisotopic (exact) mass is 499 g/mol. The Morgan fingerprint density at radius 3 is 2.51 bits per heavy atom. The maximum absolute atomic E-state index is 12.9. The molecule has 2 saturated heterocycles. The quantitative estimate of drug-likeness (QED) is 0.441. The summed E-state index contributed by atoms with van der Waals surface area (Å²) in [5.41, 5.74) is 2.63. The average Bonchev–Trinajstić information content (AvgIpc) is 3.24. The van der Waals surface area contributed by atoms with Crippen molar-refractivity contribution in [3.05, 3.63) is 90.3 Å². The van der Waals surface area contributed by atoms with Crippen LogP contribution >= 0.6 is 0 Å². The van der Waals surface area contributed by atoms with E-state index in [0.717, 1.165) is 23.2 Å². The summed E-state index contributed by atoms with van der Waals surface area (Å²) < 4.78 is 0. The summed E-state index contributed by atoms with van der Waals surface area (Å²) in [7, 11) is 0. The van der Waals surface area contributed by atoms with Crippen LogP contribution < -0.4 is 15.5 Å². The second kappa shape index (κ2) is 11.0. The lowest BCUT2D eigenvalue weighted by molar-refractivity contribution is -0.125. The fourth-order valence-electron chi connectivity index (χ4n) is 5.47. The first-order valence-corrected chi connectivity index (χ1v) is 12.8. The molecule has 2 aliphatic rings. The van der Waals surface area contributed by atoms with Crippen molar-refractivity contribution in [1.82, 2.24) is 20.5 Å². The molecule has 3 aromatic rings. The van der Waals surface area contributed by atoms with Crippen molar-refractivity contribution in [1.29, 1.82) is 0 Å². The Hall–Kier alpha value is -3.91. The molecule has 2 aromatic carbocycles. The highest BCUT2D eigenvalue weighted by molar-refractivity contribution is 5.93. The molecule has 1 atom stereocenters. The van der Waals surface area contributed by atoms with Gasteiger partial charge in [0.15, 0.2) is 0 Å². The van der Waals surface area contributed by atoms with Crippen LogP contribution in [-0.4, -0.2) is 65.2 Å². The molecule has 0 bridgehead atoms. The number of carbonyl (C=O) groups excluding carboxylic acids is 2. The molecule has 192 valence electrons. The Bertz CT molecular complexity index is 1200. The highest BCUT2D eigenvalue weighted by Gasteiger charge is 2.50. The molecule has 37 heavy (non-hydrogen) atoms. The summed E-state index contributed by atoms with van der Waals surface area (Å²) in [6.07, 6.45) is 5.68. The number of aromatic hydroxyl groups is 1. The number of likely N-dealkylation sites (tertiary alicyclic amines) is 1. The summed E-state index contributed by atoms with van der Waals surface area (Å²) in [6, 6.07) is 21.1. The van der Waals surface area contributed by atoms with Crippen molar-refractivity contribution < 1.29 is 14.7 Å². The second-order valence-electron chi connectivity index (χ2n) is 9.89. The van der Waals surface area contributed by atoms with E-state index in [1.807, 2.05) is 60.8 Å². The topological polar surface area (TPSA) is 97.8 Å². The molecule has 1 spiro atoms. The SMILES string of the molecule is O=C(CN1CCC2(CC1)C(=O)NCN2c1ccccc1)NCC(Cc1cccnc1)c1ccc(O)cc1. The van der Waals surface area contributed by atoms with E-state index in [0.29, 0.717) is 45.7 Å². The van der Waals surface area contributed by atoms with Crippen LogP contribution in [0.4, 0.5) is 5.69 Å². The Kier molecular flexibility index (Phi) is 7.37. The van der Waals surface area contributed by atoms with Crippen LogP contribution in [0, 0.1) is 0 Å². The predicted octanol–water partition coefficient (Wildman–Crippen LogP) is 2.66. The Balaban J connectivity index is 1.18. The maximum atomic E-state index is 12.9. The molecule has 2 aliphatic heterocycles. The third kappa shape index (κ3) is 5.59. The molecule has 1 aromatic heterocycles. The zero-order chi connectivity index (χ0) is 25.7. The van der Waals surface area contributed by atoms with E-state index in [4.69, 9.17) is 0 Å². The second-order valence-corrected chi connectivity index (χ2v) is 9.89. The molecule has 0 aliphatic carbocycles.